The minimum absolute atomic E-state index is 0.000167. The minimum atomic E-state index is -0.957. The van der Waals surface area contributed by atoms with E-state index in [1.807, 2.05) is 94.4 Å². The standard InChI is InChI=1S/C37H54N4O4/c1-24(2)31(40(8)37(45)32(25(3)4)38-36(44)30-21-15-16-22-41(30)26(5)6)23-27(7)35(43)39-33(28-17-11-9-12-18-28)34(42)29-19-13-10-14-20-29/h9-14,17-20,23-26,30-34,42H,15-16,21-22H2,1-8H3,(H,38,44)(H,39,43)/t30?,31-,32+,33+,34-/m1/s1. The maximum atomic E-state index is 14.0. The van der Waals surface area contributed by atoms with E-state index in [-0.39, 0.29) is 41.6 Å². The van der Waals surface area contributed by atoms with Crippen molar-refractivity contribution in [3.05, 3.63) is 83.4 Å². The Hall–Kier alpha value is -3.49. The molecule has 2 aromatic carbocycles. The molecule has 1 unspecified atom stereocenters. The normalized spacial score (nSPS) is 18.8. The molecule has 1 fully saturated rings. The number of piperidine rings is 1. The number of aliphatic hydroxyl groups excluding tert-OH is 1. The van der Waals surface area contributed by atoms with Crippen molar-refractivity contribution in [3.8, 4) is 0 Å². The molecule has 2 aromatic rings. The van der Waals surface area contributed by atoms with Crippen molar-refractivity contribution in [3.63, 3.8) is 0 Å². The summed E-state index contributed by atoms with van der Waals surface area (Å²) in [5.41, 5.74) is 1.92. The smallest absolute Gasteiger partial charge is 0.247 e. The predicted molar refractivity (Wildman–Crippen MR) is 180 cm³/mol. The summed E-state index contributed by atoms with van der Waals surface area (Å²) in [6.07, 6.45) is 3.71. The molecule has 0 spiro atoms. The third-order valence-electron chi connectivity index (χ3n) is 8.90. The van der Waals surface area contributed by atoms with Gasteiger partial charge in [-0.2, -0.15) is 0 Å². The van der Waals surface area contributed by atoms with E-state index in [1.54, 1.807) is 18.9 Å². The maximum absolute atomic E-state index is 14.0. The average molecular weight is 619 g/mol. The number of carbonyl (C=O) groups is 3. The Balaban J connectivity index is 1.80. The topological polar surface area (TPSA) is 102 Å². The number of carbonyl (C=O) groups excluding carboxylic acids is 3. The summed E-state index contributed by atoms with van der Waals surface area (Å²) in [5.74, 6) is -0.729. The first-order valence-corrected chi connectivity index (χ1v) is 16.4. The zero-order chi connectivity index (χ0) is 33.3. The van der Waals surface area contributed by atoms with E-state index in [2.05, 4.69) is 29.4 Å². The van der Waals surface area contributed by atoms with Crippen LogP contribution in [0.5, 0.6) is 0 Å². The van der Waals surface area contributed by atoms with Gasteiger partial charge in [-0.25, -0.2) is 0 Å². The number of nitrogens with zero attached hydrogens (tertiary/aromatic N) is 2. The quantitative estimate of drug-likeness (QED) is 0.261. The average Bonchev–Trinajstić information content (AvgIpc) is 3.04. The number of rotatable bonds is 13. The molecule has 1 aliphatic rings. The lowest BCUT2D eigenvalue weighted by Gasteiger charge is -2.39. The van der Waals surface area contributed by atoms with E-state index in [0.29, 0.717) is 11.1 Å². The molecule has 1 heterocycles. The zero-order valence-electron chi connectivity index (χ0n) is 28.4. The fourth-order valence-electron chi connectivity index (χ4n) is 6.17. The van der Waals surface area contributed by atoms with E-state index in [4.69, 9.17) is 0 Å². The summed E-state index contributed by atoms with van der Waals surface area (Å²) in [6, 6.07) is 16.9. The summed E-state index contributed by atoms with van der Waals surface area (Å²) in [4.78, 5) is 44.9. The number of amides is 3. The van der Waals surface area contributed by atoms with Gasteiger partial charge in [-0.1, -0.05) is 101 Å². The van der Waals surface area contributed by atoms with Gasteiger partial charge in [-0.15, -0.1) is 0 Å². The Morgan fingerprint density at radius 2 is 1.44 bits per heavy atom. The van der Waals surface area contributed by atoms with E-state index in [9.17, 15) is 19.5 Å². The van der Waals surface area contributed by atoms with Crippen molar-refractivity contribution < 1.29 is 19.5 Å². The van der Waals surface area contributed by atoms with Crippen LogP contribution in [0.25, 0.3) is 0 Å². The number of nitrogens with one attached hydrogen (secondary N) is 2. The van der Waals surface area contributed by atoms with Gasteiger partial charge in [0.25, 0.3) is 0 Å². The molecule has 45 heavy (non-hydrogen) atoms. The van der Waals surface area contributed by atoms with Crippen LogP contribution in [0.2, 0.25) is 0 Å². The summed E-state index contributed by atoms with van der Waals surface area (Å²) in [7, 11) is 1.74. The first kappa shape index (κ1) is 36.0. The Kier molecular flexibility index (Phi) is 13.4. The molecule has 8 nitrogen and oxygen atoms in total. The number of hydrogen-bond acceptors (Lipinski definition) is 5. The van der Waals surface area contributed by atoms with Crippen molar-refractivity contribution in [2.75, 3.05) is 13.6 Å². The third kappa shape index (κ3) is 9.50. The zero-order valence-corrected chi connectivity index (χ0v) is 28.4. The molecule has 0 aliphatic carbocycles. The van der Waals surface area contributed by atoms with Crippen LogP contribution in [-0.4, -0.2) is 70.4 Å². The summed E-state index contributed by atoms with van der Waals surface area (Å²) in [5, 5.41) is 17.4. The SMILES string of the molecule is CC(=C[C@H](C(C)C)N(C)C(=O)[C@@H](NC(=O)C1CCCCN1C(C)C)C(C)C)C(=O)N[C@@H](c1ccccc1)[C@H](O)c1ccccc1. The fraction of sp³-hybridized carbons (Fsp3) is 0.541. The largest absolute Gasteiger partial charge is 0.386 e. The van der Waals surface area contributed by atoms with Crippen LogP contribution in [0, 0.1) is 11.8 Å². The third-order valence-corrected chi connectivity index (χ3v) is 8.90. The van der Waals surface area contributed by atoms with E-state index in [0.717, 1.165) is 31.4 Å². The summed E-state index contributed by atoms with van der Waals surface area (Å²) >= 11 is 0. The molecule has 5 atom stereocenters. The van der Waals surface area contributed by atoms with Gasteiger partial charge < -0.3 is 20.6 Å². The first-order chi connectivity index (χ1) is 21.3. The lowest BCUT2D eigenvalue weighted by molar-refractivity contribution is -0.140. The molecule has 0 bridgehead atoms. The first-order valence-electron chi connectivity index (χ1n) is 16.4. The van der Waals surface area contributed by atoms with E-state index in [1.165, 1.54) is 0 Å². The van der Waals surface area contributed by atoms with Crippen molar-refractivity contribution >= 4 is 17.7 Å². The number of likely N-dealkylation sites (tertiary alicyclic amines) is 1. The summed E-state index contributed by atoms with van der Waals surface area (Å²) in [6.45, 7) is 14.7. The van der Waals surface area contributed by atoms with Gasteiger partial charge in [0.2, 0.25) is 17.7 Å². The highest BCUT2D eigenvalue weighted by Crippen LogP contribution is 2.29. The molecule has 8 heteroatoms. The van der Waals surface area contributed by atoms with Crippen molar-refractivity contribution in [1.29, 1.82) is 0 Å². The molecule has 3 amide bonds. The fourth-order valence-corrected chi connectivity index (χ4v) is 6.17. The van der Waals surface area contributed by atoms with Crippen LogP contribution in [0.15, 0.2) is 72.3 Å². The molecule has 0 radical (unpaired) electrons. The Bertz CT molecular complexity index is 1280. The molecule has 3 rings (SSSR count). The molecule has 246 valence electrons. The van der Waals surface area contributed by atoms with Crippen LogP contribution >= 0.6 is 0 Å². The molecule has 1 saturated heterocycles. The lowest BCUT2D eigenvalue weighted by Crippen LogP contribution is -2.58. The highest BCUT2D eigenvalue weighted by molar-refractivity contribution is 5.94. The van der Waals surface area contributed by atoms with E-state index < -0.39 is 24.2 Å². The van der Waals surface area contributed by atoms with Gasteiger partial charge in [-0.3, -0.25) is 19.3 Å². The molecule has 0 saturated carbocycles. The molecule has 0 aromatic heterocycles. The highest BCUT2D eigenvalue weighted by atomic mass is 16.3. The lowest BCUT2D eigenvalue weighted by atomic mass is 9.94. The Morgan fingerprint density at radius 1 is 0.867 bits per heavy atom. The van der Waals surface area contributed by atoms with Crippen molar-refractivity contribution in [2.45, 2.75) is 104 Å². The number of aliphatic hydroxyl groups is 1. The molecular weight excluding hydrogens is 564 g/mol. The Labute approximate surface area is 270 Å². The van der Waals surface area contributed by atoms with Crippen LogP contribution < -0.4 is 10.6 Å². The Morgan fingerprint density at radius 3 is 1.98 bits per heavy atom. The predicted octanol–water partition coefficient (Wildman–Crippen LogP) is 5.41. The van der Waals surface area contributed by atoms with Crippen molar-refractivity contribution in [1.82, 2.24) is 20.4 Å². The van der Waals surface area contributed by atoms with Crippen LogP contribution in [0.1, 0.15) is 91.0 Å². The highest BCUT2D eigenvalue weighted by Gasteiger charge is 2.36. The monoisotopic (exact) mass is 618 g/mol. The summed E-state index contributed by atoms with van der Waals surface area (Å²) < 4.78 is 0. The van der Waals surface area contributed by atoms with Gasteiger partial charge in [0, 0.05) is 18.7 Å². The van der Waals surface area contributed by atoms with Crippen LogP contribution in [0.4, 0.5) is 0 Å². The number of hydrogen-bond donors (Lipinski definition) is 3. The minimum Gasteiger partial charge on any atom is -0.386 e. The van der Waals surface area contributed by atoms with Gasteiger partial charge >= 0.3 is 0 Å². The van der Waals surface area contributed by atoms with Crippen molar-refractivity contribution in [2.24, 2.45) is 11.8 Å². The molecular formula is C37H54N4O4. The van der Waals surface area contributed by atoms with Crippen LogP contribution in [0.3, 0.4) is 0 Å². The van der Waals surface area contributed by atoms with Gasteiger partial charge in [0.05, 0.1) is 18.1 Å². The molecule has 1 aliphatic heterocycles. The van der Waals surface area contributed by atoms with Gasteiger partial charge in [0.1, 0.15) is 12.1 Å². The van der Waals surface area contributed by atoms with Gasteiger partial charge in [0.15, 0.2) is 0 Å². The second kappa shape index (κ2) is 16.7. The number of likely N-dealkylation sites (N-methyl/N-ethyl adjacent to an activating group) is 1. The number of benzene rings is 2. The van der Waals surface area contributed by atoms with E-state index >= 15 is 0 Å². The second-order valence-electron chi connectivity index (χ2n) is 13.3. The maximum Gasteiger partial charge on any atom is 0.247 e. The van der Waals surface area contributed by atoms with Gasteiger partial charge in [-0.05, 0) is 63.1 Å². The second-order valence-corrected chi connectivity index (χ2v) is 13.3. The molecule has 3 N–H and O–H groups in total. The van der Waals surface area contributed by atoms with Crippen LogP contribution in [-0.2, 0) is 14.4 Å².